The van der Waals surface area contributed by atoms with E-state index in [0.717, 1.165) is 17.7 Å². The lowest BCUT2D eigenvalue weighted by Gasteiger charge is -2.13. The highest BCUT2D eigenvalue weighted by molar-refractivity contribution is 7.89. The van der Waals surface area contributed by atoms with E-state index in [4.69, 9.17) is 4.74 Å². The molecule has 2 aromatic carbocycles. The van der Waals surface area contributed by atoms with Gasteiger partial charge in [-0.05, 0) is 54.8 Å². The van der Waals surface area contributed by atoms with Crippen LogP contribution in [-0.2, 0) is 19.6 Å². The topological polar surface area (TPSA) is 89.5 Å². The maximum atomic E-state index is 12.9. The Balaban J connectivity index is 1.85. The van der Waals surface area contributed by atoms with Crippen LogP contribution in [0.3, 0.4) is 0 Å². The number of benzene rings is 2. The minimum Gasteiger partial charge on any atom is -0.454 e. The number of hydrogen-bond donors (Lipinski definition) is 1. The van der Waals surface area contributed by atoms with Crippen LogP contribution < -0.4 is 4.72 Å². The molecule has 0 saturated heterocycles. The van der Waals surface area contributed by atoms with E-state index in [1.165, 1.54) is 31.2 Å². The highest BCUT2D eigenvalue weighted by atomic mass is 32.2. The van der Waals surface area contributed by atoms with E-state index in [9.17, 15) is 22.4 Å². The lowest BCUT2D eigenvalue weighted by Crippen LogP contribution is -2.29. The Kier molecular flexibility index (Phi) is 7.64. The summed E-state index contributed by atoms with van der Waals surface area (Å²) in [5, 5.41) is 0. The monoisotopic (exact) mass is 421 g/mol. The Bertz CT molecular complexity index is 954. The van der Waals surface area contributed by atoms with Crippen LogP contribution >= 0.6 is 0 Å². The maximum Gasteiger partial charge on any atom is 0.307 e. The molecule has 0 unspecified atom stereocenters. The fourth-order valence-electron chi connectivity index (χ4n) is 2.56. The molecule has 0 amide bonds. The SMILES string of the molecule is CC(C)c1ccc(S(=O)(=O)NCCC(=O)O[C@@H](C)C(=O)c2ccc(F)cc2)cc1. The van der Waals surface area contributed by atoms with Gasteiger partial charge in [-0.15, -0.1) is 0 Å². The number of ketones is 1. The summed E-state index contributed by atoms with van der Waals surface area (Å²) in [5.41, 5.74) is 1.24. The first-order chi connectivity index (χ1) is 13.6. The molecule has 0 bridgehead atoms. The highest BCUT2D eigenvalue weighted by Crippen LogP contribution is 2.17. The molecule has 2 aromatic rings. The predicted octanol–water partition coefficient (Wildman–Crippen LogP) is 3.43. The van der Waals surface area contributed by atoms with E-state index in [0.29, 0.717) is 0 Å². The van der Waals surface area contributed by atoms with Gasteiger partial charge in [0.1, 0.15) is 5.82 Å². The minimum absolute atomic E-state index is 0.107. The van der Waals surface area contributed by atoms with Crippen molar-refractivity contribution in [1.29, 1.82) is 0 Å². The van der Waals surface area contributed by atoms with Crippen LogP contribution in [0.15, 0.2) is 53.4 Å². The number of esters is 1. The summed E-state index contributed by atoms with van der Waals surface area (Å²) >= 11 is 0. The third kappa shape index (κ3) is 6.47. The fraction of sp³-hybridized carbons (Fsp3) is 0.333. The molecule has 0 saturated carbocycles. The van der Waals surface area contributed by atoms with E-state index >= 15 is 0 Å². The van der Waals surface area contributed by atoms with Crippen molar-refractivity contribution in [3.8, 4) is 0 Å². The maximum absolute atomic E-state index is 12.9. The first-order valence-electron chi connectivity index (χ1n) is 9.19. The van der Waals surface area contributed by atoms with Crippen molar-refractivity contribution >= 4 is 21.8 Å². The molecule has 6 nitrogen and oxygen atoms in total. The Morgan fingerprint density at radius 2 is 1.59 bits per heavy atom. The molecule has 0 radical (unpaired) electrons. The van der Waals surface area contributed by atoms with E-state index in [-0.39, 0.29) is 29.3 Å². The summed E-state index contributed by atoms with van der Waals surface area (Å²) in [6, 6.07) is 11.4. The number of nitrogens with one attached hydrogen (secondary N) is 1. The normalized spacial score (nSPS) is 12.6. The molecule has 0 aliphatic rings. The van der Waals surface area contributed by atoms with Gasteiger partial charge in [0.05, 0.1) is 11.3 Å². The van der Waals surface area contributed by atoms with E-state index < -0.39 is 33.7 Å². The molecule has 156 valence electrons. The van der Waals surface area contributed by atoms with Gasteiger partial charge < -0.3 is 4.74 Å². The Hall–Kier alpha value is -2.58. The summed E-state index contributed by atoms with van der Waals surface area (Å²) in [5.74, 6) is -1.37. The number of sulfonamides is 1. The first-order valence-corrected chi connectivity index (χ1v) is 10.7. The molecule has 1 atom stereocenters. The Morgan fingerprint density at radius 3 is 2.14 bits per heavy atom. The van der Waals surface area contributed by atoms with E-state index in [1.807, 2.05) is 13.8 Å². The molecular weight excluding hydrogens is 397 g/mol. The second-order valence-corrected chi connectivity index (χ2v) is 8.64. The van der Waals surface area contributed by atoms with Crippen molar-refractivity contribution in [3.05, 3.63) is 65.5 Å². The molecule has 0 aromatic heterocycles. The second kappa shape index (κ2) is 9.76. The summed E-state index contributed by atoms with van der Waals surface area (Å²) in [6.45, 7) is 5.26. The Labute approximate surface area is 170 Å². The van der Waals surface area contributed by atoms with Gasteiger partial charge in [0.25, 0.3) is 0 Å². The van der Waals surface area contributed by atoms with Crippen LogP contribution in [0.4, 0.5) is 4.39 Å². The summed E-state index contributed by atoms with van der Waals surface area (Å²) in [4.78, 5) is 24.2. The van der Waals surface area contributed by atoms with Crippen molar-refractivity contribution in [2.24, 2.45) is 0 Å². The number of carbonyl (C=O) groups excluding carboxylic acids is 2. The number of rotatable bonds is 9. The van der Waals surface area contributed by atoms with E-state index in [1.54, 1.807) is 12.1 Å². The zero-order chi connectivity index (χ0) is 21.6. The number of hydrogen-bond acceptors (Lipinski definition) is 5. The van der Waals surface area contributed by atoms with Crippen molar-refractivity contribution in [3.63, 3.8) is 0 Å². The van der Waals surface area contributed by atoms with Crippen LogP contribution in [0.25, 0.3) is 0 Å². The first kappa shape index (κ1) is 22.7. The van der Waals surface area contributed by atoms with Gasteiger partial charge in [-0.3, -0.25) is 9.59 Å². The molecule has 0 spiro atoms. The molecule has 0 aliphatic carbocycles. The standard InChI is InChI=1S/C21H24FNO5S/c1-14(2)16-6-10-19(11-7-16)29(26,27)23-13-12-20(24)28-15(3)21(25)17-4-8-18(22)9-5-17/h4-11,14-15,23H,12-13H2,1-3H3/t15-/m0/s1. The molecule has 2 rings (SSSR count). The lowest BCUT2D eigenvalue weighted by molar-refractivity contribution is -0.146. The van der Waals surface area contributed by atoms with Gasteiger partial charge in [0.15, 0.2) is 6.10 Å². The molecule has 1 N–H and O–H groups in total. The third-order valence-electron chi connectivity index (χ3n) is 4.28. The van der Waals surface area contributed by atoms with Gasteiger partial charge in [0.2, 0.25) is 15.8 Å². The van der Waals surface area contributed by atoms with Crippen LogP contribution in [0.2, 0.25) is 0 Å². The zero-order valence-corrected chi connectivity index (χ0v) is 17.3. The average Bonchev–Trinajstić information content (AvgIpc) is 2.67. The van der Waals surface area contributed by atoms with Gasteiger partial charge >= 0.3 is 5.97 Å². The molecule has 8 heteroatoms. The summed E-state index contributed by atoms with van der Waals surface area (Å²) in [7, 11) is -3.75. The van der Waals surface area contributed by atoms with Crippen molar-refractivity contribution in [1.82, 2.24) is 4.72 Å². The van der Waals surface area contributed by atoms with Crippen LogP contribution in [0.1, 0.15) is 49.0 Å². The summed E-state index contributed by atoms with van der Waals surface area (Å²) < 4.78 is 44.9. The van der Waals surface area contributed by atoms with Crippen molar-refractivity contribution < 1.29 is 27.1 Å². The van der Waals surface area contributed by atoms with Gasteiger partial charge in [-0.2, -0.15) is 0 Å². The number of halogens is 1. The fourth-order valence-corrected chi connectivity index (χ4v) is 3.59. The number of Topliss-reactive ketones (excluding diaryl/α,β-unsaturated/α-hetero) is 1. The van der Waals surface area contributed by atoms with E-state index in [2.05, 4.69) is 4.72 Å². The molecule has 29 heavy (non-hydrogen) atoms. The van der Waals surface area contributed by atoms with Gasteiger partial charge in [0, 0.05) is 12.1 Å². The van der Waals surface area contributed by atoms with Crippen LogP contribution in [0.5, 0.6) is 0 Å². The molecule has 0 heterocycles. The number of carbonyl (C=O) groups is 2. The molecule has 0 aliphatic heterocycles. The minimum atomic E-state index is -3.75. The lowest BCUT2D eigenvalue weighted by atomic mass is 10.0. The molecular formula is C21H24FNO5S. The van der Waals surface area contributed by atoms with Gasteiger partial charge in [-0.1, -0.05) is 26.0 Å². The average molecular weight is 421 g/mol. The van der Waals surface area contributed by atoms with Crippen LogP contribution in [-0.4, -0.2) is 32.8 Å². The van der Waals surface area contributed by atoms with Gasteiger partial charge in [-0.25, -0.2) is 17.5 Å². The molecule has 0 fully saturated rings. The third-order valence-corrected chi connectivity index (χ3v) is 5.76. The van der Waals surface area contributed by atoms with Crippen LogP contribution in [0, 0.1) is 5.82 Å². The summed E-state index contributed by atoms with van der Waals surface area (Å²) in [6.07, 6.45) is -1.29. The smallest absolute Gasteiger partial charge is 0.307 e. The highest BCUT2D eigenvalue weighted by Gasteiger charge is 2.20. The second-order valence-electron chi connectivity index (χ2n) is 6.87. The Morgan fingerprint density at radius 1 is 1.00 bits per heavy atom. The number of ether oxygens (including phenoxy) is 1. The largest absolute Gasteiger partial charge is 0.454 e. The zero-order valence-electron chi connectivity index (χ0n) is 16.5. The van der Waals surface area contributed by atoms with Crippen molar-refractivity contribution in [2.45, 2.75) is 44.1 Å². The quantitative estimate of drug-likeness (QED) is 0.495. The predicted molar refractivity (Wildman–Crippen MR) is 107 cm³/mol. The van der Waals surface area contributed by atoms with Crippen molar-refractivity contribution in [2.75, 3.05) is 6.54 Å².